The predicted octanol–water partition coefficient (Wildman–Crippen LogP) is 3.32. The summed E-state index contributed by atoms with van der Waals surface area (Å²) in [6.07, 6.45) is 1.51. The fraction of sp³-hybridized carbons (Fsp3) is 0.143. The molecule has 2 aromatic carbocycles. The molecule has 0 saturated heterocycles. The van der Waals surface area contributed by atoms with Crippen LogP contribution < -0.4 is 25.1 Å². The van der Waals surface area contributed by atoms with Gasteiger partial charge in [-0.05, 0) is 11.6 Å². The molecule has 3 rings (SSSR count). The summed E-state index contributed by atoms with van der Waals surface area (Å²) in [4.78, 5) is 27.9. The summed E-state index contributed by atoms with van der Waals surface area (Å²) < 4.78 is 15.9. The van der Waals surface area contributed by atoms with E-state index in [1.54, 1.807) is 18.2 Å². The van der Waals surface area contributed by atoms with Gasteiger partial charge in [0.25, 0.3) is 11.5 Å². The number of aromatic amines is 1. The molecule has 3 aromatic rings. The number of methoxy groups -OCH3 is 3. The van der Waals surface area contributed by atoms with E-state index in [0.29, 0.717) is 28.5 Å². The van der Waals surface area contributed by atoms with Crippen molar-refractivity contribution in [3.05, 3.63) is 70.6 Å². The Labute approximate surface area is 161 Å². The number of aromatic nitrogens is 1. The minimum absolute atomic E-state index is 0.0162. The summed E-state index contributed by atoms with van der Waals surface area (Å²) in [7, 11) is 4.46. The van der Waals surface area contributed by atoms with E-state index in [9.17, 15) is 9.59 Å². The summed E-state index contributed by atoms with van der Waals surface area (Å²) in [5, 5.41) is 2.74. The normalized spacial score (nSPS) is 10.2. The standard InChI is InChI=1S/C21H20N2O5/c1-26-16-11-14(12-17(27-2)19(16)28-3)23-21(25)18-15(9-10-22-20(18)24)13-7-5-4-6-8-13/h4-12H,1-3H3,(H,22,24)(H,23,25). The molecule has 0 fully saturated rings. The minimum Gasteiger partial charge on any atom is -0.493 e. The van der Waals surface area contributed by atoms with Gasteiger partial charge in [0, 0.05) is 29.6 Å². The Morgan fingerprint density at radius 1 is 0.929 bits per heavy atom. The van der Waals surface area contributed by atoms with Crippen LogP contribution >= 0.6 is 0 Å². The second kappa shape index (κ2) is 8.30. The first kappa shape index (κ1) is 19.0. The van der Waals surface area contributed by atoms with Gasteiger partial charge in [-0.15, -0.1) is 0 Å². The fourth-order valence-corrected chi connectivity index (χ4v) is 2.91. The van der Waals surface area contributed by atoms with Crippen LogP contribution in [0.15, 0.2) is 59.5 Å². The zero-order valence-electron chi connectivity index (χ0n) is 15.7. The fourth-order valence-electron chi connectivity index (χ4n) is 2.91. The van der Waals surface area contributed by atoms with Gasteiger partial charge < -0.3 is 24.5 Å². The highest BCUT2D eigenvalue weighted by Crippen LogP contribution is 2.40. The number of rotatable bonds is 6. The van der Waals surface area contributed by atoms with Crippen LogP contribution in [0, 0.1) is 0 Å². The van der Waals surface area contributed by atoms with E-state index in [2.05, 4.69) is 10.3 Å². The highest BCUT2D eigenvalue weighted by Gasteiger charge is 2.19. The molecule has 0 aliphatic carbocycles. The lowest BCUT2D eigenvalue weighted by Gasteiger charge is -2.15. The number of H-pyrrole nitrogens is 1. The molecule has 1 heterocycles. The van der Waals surface area contributed by atoms with Gasteiger partial charge in [0.1, 0.15) is 5.56 Å². The van der Waals surface area contributed by atoms with E-state index < -0.39 is 11.5 Å². The third kappa shape index (κ3) is 3.68. The number of anilines is 1. The molecule has 2 N–H and O–H groups in total. The Hall–Kier alpha value is -3.74. The van der Waals surface area contributed by atoms with E-state index >= 15 is 0 Å². The highest BCUT2D eigenvalue weighted by atomic mass is 16.5. The van der Waals surface area contributed by atoms with Gasteiger partial charge >= 0.3 is 0 Å². The van der Waals surface area contributed by atoms with E-state index in [0.717, 1.165) is 5.56 Å². The lowest BCUT2D eigenvalue weighted by atomic mass is 10.0. The number of hydrogen-bond acceptors (Lipinski definition) is 5. The average molecular weight is 380 g/mol. The van der Waals surface area contributed by atoms with E-state index in [-0.39, 0.29) is 5.56 Å². The molecule has 28 heavy (non-hydrogen) atoms. The van der Waals surface area contributed by atoms with Crippen molar-refractivity contribution in [1.82, 2.24) is 4.98 Å². The maximum Gasteiger partial charge on any atom is 0.261 e. The minimum atomic E-state index is -0.546. The van der Waals surface area contributed by atoms with Crippen LogP contribution in [-0.4, -0.2) is 32.2 Å². The summed E-state index contributed by atoms with van der Waals surface area (Å²) in [6.45, 7) is 0. The van der Waals surface area contributed by atoms with Crippen molar-refractivity contribution in [2.45, 2.75) is 0 Å². The molecule has 0 aliphatic heterocycles. The molecular formula is C21H20N2O5. The Morgan fingerprint density at radius 3 is 2.14 bits per heavy atom. The van der Waals surface area contributed by atoms with Crippen LogP contribution in [0.3, 0.4) is 0 Å². The molecule has 0 aliphatic rings. The van der Waals surface area contributed by atoms with Crippen LogP contribution in [0.4, 0.5) is 5.69 Å². The Kier molecular flexibility index (Phi) is 5.64. The lowest BCUT2D eigenvalue weighted by Crippen LogP contribution is -2.24. The number of amides is 1. The molecule has 1 amide bonds. The third-order valence-corrected chi connectivity index (χ3v) is 4.20. The molecule has 1 aromatic heterocycles. The molecule has 0 saturated carbocycles. The first-order chi connectivity index (χ1) is 13.6. The summed E-state index contributed by atoms with van der Waals surface area (Å²) in [5.41, 5.74) is 1.24. The van der Waals surface area contributed by atoms with Crippen molar-refractivity contribution in [3.63, 3.8) is 0 Å². The summed E-state index contributed by atoms with van der Waals surface area (Å²) in [6, 6.07) is 14.1. The average Bonchev–Trinajstić information content (AvgIpc) is 2.73. The zero-order chi connectivity index (χ0) is 20.1. The first-order valence-corrected chi connectivity index (χ1v) is 8.47. The van der Waals surface area contributed by atoms with Crippen molar-refractivity contribution in [2.75, 3.05) is 26.6 Å². The van der Waals surface area contributed by atoms with Crippen LogP contribution in [0.25, 0.3) is 11.1 Å². The molecule has 0 bridgehead atoms. The van der Waals surface area contributed by atoms with E-state index in [4.69, 9.17) is 14.2 Å². The Balaban J connectivity index is 2.02. The number of benzene rings is 2. The summed E-state index contributed by atoms with van der Waals surface area (Å²) in [5.74, 6) is 0.644. The van der Waals surface area contributed by atoms with E-state index in [1.165, 1.54) is 27.5 Å². The molecule has 144 valence electrons. The van der Waals surface area contributed by atoms with Crippen molar-refractivity contribution in [2.24, 2.45) is 0 Å². The number of carbonyl (C=O) groups excluding carboxylic acids is 1. The predicted molar refractivity (Wildman–Crippen MR) is 107 cm³/mol. The number of pyridine rings is 1. The van der Waals surface area contributed by atoms with Gasteiger partial charge in [-0.2, -0.15) is 0 Å². The number of ether oxygens (including phenoxy) is 3. The van der Waals surface area contributed by atoms with Crippen LogP contribution in [-0.2, 0) is 0 Å². The number of carbonyl (C=O) groups is 1. The Morgan fingerprint density at radius 2 is 1.57 bits per heavy atom. The van der Waals surface area contributed by atoms with Gasteiger partial charge in [-0.3, -0.25) is 9.59 Å². The smallest absolute Gasteiger partial charge is 0.261 e. The van der Waals surface area contributed by atoms with Crippen molar-refractivity contribution in [3.8, 4) is 28.4 Å². The van der Waals surface area contributed by atoms with Gasteiger partial charge in [0.2, 0.25) is 5.75 Å². The SMILES string of the molecule is COc1cc(NC(=O)c2c(-c3ccccc3)cc[nH]c2=O)cc(OC)c1OC. The molecule has 7 heteroatoms. The van der Waals surface area contributed by atoms with Crippen LogP contribution in [0.5, 0.6) is 17.2 Å². The lowest BCUT2D eigenvalue weighted by molar-refractivity contribution is 0.102. The molecule has 0 unspecified atom stereocenters. The van der Waals surface area contributed by atoms with Crippen LogP contribution in [0.1, 0.15) is 10.4 Å². The second-order valence-corrected chi connectivity index (χ2v) is 5.83. The topological polar surface area (TPSA) is 89.7 Å². The second-order valence-electron chi connectivity index (χ2n) is 5.83. The largest absolute Gasteiger partial charge is 0.493 e. The number of nitrogens with one attached hydrogen (secondary N) is 2. The van der Waals surface area contributed by atoms with Gasteiger partial charge in [0.15, 0.2) is 11.5 Å². The zero-order valence-corrected chi connectivity index (χ0v) is 15.7. The molecule has 7 nitrogen and oxygen atoms in total. The van der Waals surface area contributed by atoms with Crippen LogP contribution in [0.2, 0.25) is 0 Å². The molecular weight excluding hydrogens is 360 g/mol. The highest BCUT2D eigenvalue weighted by molar-refractivity contribution is 6.08. The molecule has 0 atom stereocenters. The number of hydrogen-bond donors (Lipinski definition) is 2. The summed E-state index contributed by atoms with van der Waals surface area (Å²) >= 11 is 0. The first-order valence-electron chi connectivity index (χ1n) is 8.47. The van der Waals surface area contributed by atoms with Gasteiger partial charge in [0.05, 0.1) is 21.3 Å². The van der Waals surface area contributed by atoms with Gasteiger partial charge in [-0.25, -0.2) is 0 Å². The third-order valence-electron chi connectivity index (χ3n) is 4.20. The van der Waals surface area contributed by atoms with Gasteiger partial charge in [-0.1, -0.05) is 30.3 Å². The maximum atomic E-state index is 12.9. The molecule has 0 spiro atoms. The van der Waals surface area contributed by atoms with Crippen molar-refractivity contribution in [1.29, 1.82) is 0 Å². The monoisotopic (exact) mass is 380 g/mol. The van der Waals surface area contributed by atoms with E-state index in [1.807, 2.05) is 30.3 Å². The van der Waals surface area contributed by atoms with Crippen molar-refractivity contribution < 1.29 is 19.0 Å². The molecule has 0 radical (unpaired) electrons. The quantitative estimate of drug-likeness (QED) is 0.685. The maximum absolute atomic E-state index is 12.9. The van der Waals surface area contributed by atoms with Crippen molar-refractivity contribution >= 4 is 11.6 Å². The Bertz CT molecular complexity index is 1020.